The van der Waals surface area contributed by atoms with Crippen molar-refractivity contribution in [1.29, 1.82) is 0 Å². The number of fused-ring (bicyclic) bond motifs is 1. The standard InChI is InChI=1S/C22H24F2N2O/c1-15-11-26(12-17-4-2-16(10-25)3-5-17)13-18-6-7-20(8-21(15)18)27-14-19-9-22(19,23)24/h2-8,19H,1,9-14,25H2. The molecule has 1 atom stereocenters. The van der Waals surface area contributed by atoms with Crippen molar-refractivity contribution in [3.8, 4) is 5.75 Å². The second-order valence-corrected chi connectivity index (χ2v) is 7.56. The molecule has 3 nitrogen and oxygen atoms in total. The number of hydrogen-bond donors (Lipinski definition) is 1. The smallest absolute Gasteiger partial charge is 0.255 e. The zero-order valence-corrected chi connectivity index (χ0v) is 15.3. The van der Waals surface area contributed by atoms with Gasteiger partial charge in [0.05, 0.1) is 12.5 Å². The first-order valence-corrected chi connectivity index (χ1v) is 9.26. The maximum atomic E-state index is 13.0. The second kappa shape index (κ2) is 7.06. The van der Waals surface area contributed by atoms with Crippen molar-refractivity contribution < 1.29 is 13.5 Å². The maximum absolute atomic E-state index is 13.0. The van der Waals surface area contributed by atoms with Gasteiger partial charge in [-0.1, -0.05) is 36.9 Å². The average molecular weight is 370 g/mol. The van der Waals surface area contributed by atoms with Crippen molar-refractivity contribution in [1.82, 2.24) is 4.90 Å². The molecule has 142 valence electrons. The van der Waals surface area contributed by atoms with Crippen molar-refractivity contribution in [3.05, 3.63) is 71.3 Å². The fourth-order valence-corrected chi connectivity index (χ4v) is 3.56. The SMILES string of the molecule is C=C1CN(Cc2ccc(CN)cc2)Cc2ccc(OCC3CC3(F)F)cc21. The van der Waals surface area contributed by atoms with E-state index in [1.165, 1.54) is 11.1 Å². The zero-order valence-electron chi connectivity index (χ0n) is 15.3. The number of hydrogen-bond acceptors (Lipinski definition) is 3. The van der Waals surface area contributed by atoms with E-state index >= 15 is 0 Å². The van der Waals surface area contributed by atoms with Crippen LogP contribution in [-0.2, 0) is 19.6 Å². The Labute approximate surface area is 158 Å². The average Bonchev–Trinajstić information content (AvgIpc) is 3.27. The fraction of sp³-hybridized carbons (Fsp3) is 0.364. The summed E-state index contributed by atoms with van der Waals surface area (Å²) in [6, 6.07) is 14.2. The molecule has 0 spiro atoms. The van der Waals surface area contributed by atoms with E-state index in [0.29, 0.717) is 12.3 Å². The highest BCUT2D eigenvalue weighted by Gasteiger charge is 2.57. The lowest BCUT2D eigenvalue weighted by Crippen LogP contribution is -2.29. The van der Waals surface area contributed by atoms with Crippen LogP contribution in [0.2, 0.25) is 0 Å². The largest absolute Gasteiger partial charge is 0.493 e. The van der Waals surface area contributed by atoms with Gasteiger partial charge in [0.15, 0.2) is 0 Å². The highest BCUT2D eigenvalue weighted by Crippen LogP contribution is 2.48. The maximum Gasteiger partial charge on any atom is 0.255 e. The van der Waals surface area contributed by atoms with Crippen molar-refractivity contribution in [3.63, 3.8) is 0 Å². The Balaban J connectivity index is 1.40. The number of benzene rings is 2. The molecule has 2 aromatic carbocycles. The van der Waals surface area contributed by atoms with E-state index in [1.807, 2.05) is 18.2 Å². The topological polar surface area (TPSA) is 38.5 Å². The predicted molar refractivity (Wildman–Crippen MR) is 102 cm³/mol. The van der Waals surface area contributed by atoms with Gasteiger partial charge in [-0.25, -0.2) is 8.78 Å². The quantitative estimate of drug-likeness (QED) is 0.828. The lowest BCUT2D eigenvalue weighted by atomic mass is 9.95. The lowest BCUT2D eigenvalue weighted by molar-refractivity contribution is 0.0856. The van der Waals surface area contributed by atoms with Gasteiger partial charge in [-0.3, -0.25) is 4.90 Å². The minimum Gasteiger partial charge on any atom is -0.493 e. The first-order valence-electron chi connectivity index (χ1n) is 9.26. The summed E-state index contributed by atoms with van der Waals surface area (Å²) < 4.78 is 31.6. The summed E-state index contributed by atoms with van der Waals surface area (Å²) in [4.78, 5) is 2.34. The van der Waals surface area contributed by atoms with Crippen LogP contribution in [0.15, 0.2) is 49.0 Å². The van der Waals surface area contributed by atoms with Gasteiger partial charge in [0.1, 0.15) is 5.75 Å². The summed E-state index contributed by atoms with van der Waals surface area (Å²) in [7, 11) is 0. The Bertz CT molecular complexity index is 848. The molecule has 1 unspecified atom stereocenters. The number of alkyl halides is 2. The van der Waals surface area contributed by atoms with Gasteiger partial charge >= 0.3 is 0 Å². The molecule has 1 saturated carbocycles. The van der Waals surface area contributed by atoms with Crippen molar-refractivity contribution in [2.75, 3.05) is 13.2 Å². The van der Waals surface area contributed by atoms with E-state index in [1.54, 1.807) is 0 Å². The Morgan fingerprint density at radius 3 is 2.48 bits per heavy atom. The summed E-state index contributed by atoms with van der Waals surface area (Å²) in [5, 5.41) is 0. The Morgan fingerprint density at radius 2 is 1.81 bits per heavy atom. The van der Waals surface area contributed by atoms with Crippen molar-refractivity contribution >= 4 is 5.57 Å². The summed E-state index contributed by atoms with van der Waals surface area (Å²) in [6.07, 6.45) is -0.0636. The molecule has 2 N–H and O–H groups in total. The molecule has 1 aliphatic heterocycles. The lowest BCUT2D eigenvalue weighted by Gasteiger charge is -2.30. The van der Waals surface area contributed by atoms with Crippen LogP contribution in [0.1, 0.15) is 28.7 Å². The molecule has 1 heterocycles. The Hall–Kier alpha value is -2.24. The van der Waals surface area contributed by atoms with Crippen molar-refractivity contribution in [2.45, 2.75) is 32.0 Å². The molecule has 0 aromatic heterocycles. The second-order valence-electron chi connectivity index (χ2n) is 7.56. The van der Waals surface area contributed by atoms with Crippen molar-refractivity contribution in [2.24, 2.45) is 11.7 Å². The molecule has 27 heavy (non-hydrogen) atoms. The molecule has 2 aliphatic rings. The number of nitrogens with two attached hydrogens (primary N) is 1. The van der Waals surface area contributed by atoms with E-state index in [2.05, 4.69) is 35.7 Å². The number of ether oxygens (including phenoxy) is 1. The van der Waals surface area contributed by atoms with E-state index in [4.69, 9.17) is 10.5 Å². The predicted octanol–water partition coefficient (Wildman–Crippen LogP) is 4.21. The van der Waals surface area contributed by atoms with Crippen LogP contribution in [0.3, 0.4) is 0 Å². The minimum atomic E-state index is -2.54. The molecule has 2 aromatic rings. The van der Waals surface area contributed by atoms with Gasteiger partial charge in [0, 0.05) is 32.6 Å². The number of nitrogens with zero attached hydrogens (tertiary/aromatic N) is 1. The first kappa shape index (κ1) is 18.1. The van der Waals surface area contributed by atoms with Crippen LogP contribution in [0.25, 0.3) is 5.57 Å². The fourth-order valence-electron chi connectivity index (χ4n) is 3.56. The molecule has 1 aliphatic carbocycles. The molecule has 1 fully saturated rings. The number of halogens is 2. The van der Waals surface area contributed by atoms with Crippen LogP contribution in [0.5, 0.6) is 5.75 Å². The van der Waals surface area contributed by atoms with Crippen LogP contribution >= 0.6 is 0 Å². The van der Waals surface area contributed by atoms with Crippen LogP contribution in [-0.4, -0.2) is 24.0 Å². The molecule has 0 bridgehead atoms. The third kappa shape index (κ3) is 4.04. The van der Waals surface area contributed by atoms with E-state index in [9.17, 15) is 8.78 Å². The summed E-state index contributed by atoms with van der Waals surface area (Å²) in [6.45, 7) is 7.28. The molecule has 0 amide bonds. The van der Waals surface area contributed by atoms with Crippen LogP contribution in [0.4, 0.5) is 8.78 Å². The van der Waals surface area contributed by atoms with Gasteiger partial charge in [0.2, 0.25) is 0 Å². The molecule has 4 rings (SSSR count). The number of rotatable bonds is 6. The van der Waals surface area contributed by atoms with Gasteiger partial charge in [-0.2, -0.15) is 0 Å². The Morgan fingerprint density at radius 1 is 1.11 bits per heavy atom. The van der Waals surface area contributed by atoms with E-state index < -0.39 is 11.8 Å². The highest BCUT2D eigenvalue weighted by atomic mass is 19.3. The van der Waals surface area contributed by atoms with Gasteiger partial charge in [0.25, 0.3) is 5.92 Å². The monoisotopic (exact) mass is 370 g/mol. The molecule has 0 radical (unpaired) electrons. The summed E-state index contributed by atoms with van der Waals surface area (Å²) in [5.41, 5.74) is 11.3. The third-order valence-corrected chi connectivity index (χ3v) is 5.34. The first-order chi connectivity index (χ1) is 12.9. The normalized spacial score (nSPS) is 21.0. The van der Waals surface area contributed by atoms with E-state index in [0.717, 1.165) is 36.3 Å². The summed E-state index contributed by atoms with van der Waals surface area (Å²) >= 11 is 0. The highest BCUT2D eigenvalue weighted by molar-refractivity contribution is 5.70. The Kier molecular flexibility index (Phi) is 4.74. The molecule has 5 heteroatoms. The van der Waals surface area contributed by atoms with Crippen LogP contribution in [0, 0.1) is 5.92 Å². The van der Waals surface area contributed by atoms with Gasteiger partial charge in [-0.05, 0) is 40.0 Å². The van der Waals surface area contributed by atoms with Crippen LogP contribution < -0.4 is 10.5 Å². The molecule has 0 saturated heterocycles. The third-order valence-electron chi connectivity index (χ3n) is 5.34. The zero-order chi connectivity index (χ0) is 19.0. The van der Waals surface area contributed by atoms with Gasteiger partial charge in [-0.15, -0.1) is 0 Å². The minimum absolute atomic E-state index is 0.0636. The molecular formula is C22H24F2N2O. The summed E-state index contributed by atoms with van der Waals surface area (Å²) in [5.74, 6) is -2.54. The van der Waals surface area contributed by atoms with E-state index in [-0.39, 0.29) is 13.0 Å². The van der Waals surface area contributed by atoms with Gasteiger partial charge < -0.3 is 10.5 Å². The molecular weight excluding hydrogens is 346 g/mol.